The molecule has 4 aromatic rings. The highest BCUT2D eigenvalue weighted by Crippen LogP contribution is 2.37. The lowest BCUT2D eigenvalue weighted by Gasteiger charge is -2.15. The predicted molar refractivity (Wildman–Crippen MR) is 118 cm³/mol. The molecule has 0 spiro atoms. The molecule has 0 fully saturated rings. The zero-order chi connectivity index (χ0) is 30.7. The summed E-state index contributed by atoms with van der Waals surface area (Å²) >= 11 is 0. The number of nitrogens with zero attached hydrogens (tertiary/aromatic N) is 3. The Morgan fingerprint density at radius 1 is 1.11 bits per heavy atom. The van der Waals surface area contributed by atoms with Crippen LogP contribution in [0.5, 0.6) is 0 Å². The Balaban J connectivity index is 1.77. The van der Waals surface area contributed by atoms with E-state index in [2.05, 4.69) is 9.97 Å². The Hall–Kier alpha value is -4.27. The number of nitrogen functional groups attached to an aromatic ring is 1. The number of hydrogen-bond acceptors (Lipinski definition) is 5. The van der Waals surface area contributed by atoms with Gasteiger partial charge in [-0.05, 0) is 36.7 Å². The number of aliphatic hydroxyl groups is 1. The second kappa shape index (κ2) is 9.24. The highest BCUT2D eigenvalue weighted by atomic mass is 19.4. The van der Waals surface area contributed by atoms with E-state index in [1.165, 1.54) is 0 Å². The maximum absolute atomic E-state index is 15.2. The van der Waals surface area contributed by atoms with Gasteiger partial charge in [-0.2, -0.15) is 26.3 Å². The molecule has 2 heterocycles. The third-order valence-corrected chi connectivity index (χ3v) is 5.35. The third kappa shape index (κ3) is 4.71. The van der Waals surface area contributed by atoms with Crippen molar-refractivity contribution in [1.29, 1.82) is 0 Å². The number of fused-ring (bicyclic) bond motifs is 1. The van der Waals surface area contributed by atoms with E-state index in [1.54, 1.807) is 5.32 Å². The molecule has 2 aromatic heterocycles. The van der Waals surface area contributed by atoms with Crippen molar-refractivity contribution in [1.82, 2.24) is 14.4 Å². The molecule has 0 saturated carbocycles. The summed E-state index contributed by atoms with van der Waals surface area (Å²) in [5.41, 5.74) is -1.01. The maximum atomic E-state index is 15.2. The smallest absolute Gasteiger partial charge is 0.382 e. The van der Waals surface area contributed by atoms with Crippen molar-refractivity contribution < 1.29 is 49.1 Å². The highest BCUT2D eigenvalue weighted by molar-refractivity contribution is 5.95. The van der Waals surface area contributed by atoms with E-state index in [-0.39, 0.29) is 10.6 Å². The minimum absolute atomic E-state index is 0.114. The zero-order valence-electron chi connectivity index (χ0n) is 21.4. The van der Waals surface area contributed by atoms with Crippen LogP contribution in [0.3, 0.4) is 0 Å². The number of carbonyl (C=O) groups is 1. The lowest BCUT2D eigenvalue weighted by atomic mass is 10.0. The third-order valence-electron chi connectivity index (χ3n) is 5.35. The average molecular weight is 548 g/mol. The van der Waals surface area contributed by atoms with Crippen LogP contribution in [0.25, 0.3) is 16.8 Å². The number of rotatable bonds is 4. The number of aliphatic hydroxyl groups excluding tert-OH is 1. The van der Waals surface area contributed by atoms with Crippen LogP contribution in [0, 0.1) is 18.5 Å². The standard InChI is InChI=1S/C23H15F8N5O2/c1-9-34-17(18-20(32)33-8-14(36(9)18)23(29,30)31)12-5-6-13(16(25)15(12)24)35-21(38)19(37)10-3-2-4-11(7-10)22(26,27)28/h2-8,19,37H,1H3,(H2,32,33)(H,35,38)/t19-/m1/s1/i1D3. The first-order valence-electron chi connectivity index (χ1n) is 11.7. The van der Waals surface area contributed by atoms with Gasteiger partial charge in [0.2, 0.25) is 0 Å². The predicted octanol–water partition coefficient (Wildman–Crippen LogP) is 5.27. The lowest BCUT2D eigenvalue weighted by Crippen LogP contribution is -2.22. The molecule has 7 nitrogen and oxygen atoms in total. The second-order valence-electron chi connectivity index (χ2n) is 7.80. The second-order valence-corrected chi connectivity index (χ2v) is 7.80. The monoisotopic (exact) mass is 548 g/mol. The van der Waals surface area contributed by atoms with E-state index in [9.17, 15) is 36.2 Å². The molecule has 4 rings (SSSR count). The van der Waals surface area contributed by atoms with Gasteiger partial charge in [0, 0.05) is 9.68 Å². The number of benzene rings is 2. The van der Waals surface area contributed by atoms with Crippen molar-refractivity contribution in [2.75, 3.05) is 11.1 Å². The first-order valence-corrected chi connectivity index (χ1v) is 10.2. The fourth-order valence-electron chi connectivity index (χ4n) is 3.59. The number of carbonyl (C=O) groups excluding carboxylic acids is 1. The molecule has 38 heavy (non-hydrogen) atoms. The molecule has 0 aliphatic heterocycles. The molecule has 200 valence electrons. The zero-order valence-corrected chi connectivity index (χ0v) is 18.4. The van der Waals surface area contributed by atoms with Gasteiger partial charge in [0.25, 0.3) is 5.91 Å². The minimum atomic E-state index is -5.16. The Labute approximate surface area is 211 Å². The fraction of sp³-hybridized carbons (Fsp3) is 0.174. The number of alkyl halides is 6. The van der Waals surface area contributed by atoms with Crippen molar-refractivity contribution in [3.63, 3.8) is 0 Å². The summed E-state index contributed by atoms with van der Waals surface area (Å²) in [6.07, 6.45) is -12.0. The molecule has 0 aliphatic carbocycles. The summed E-state index contributed by atoms with van der Waals surface area (Å²) in [6.45, 7) is -3.28. The van der Waals surface area contributed by atoms with Crippen molar-refractivity contribution >= 4 is 22.9 Å². The van der Waals surface area contributed by atoms with E-state index in [0.717, 1.165) is 18.2 Å². The number of hydrogen-bond donors (Lipinski definition) is 3. The van der Waals surface area contributed by atoms with E-state index in [4.69, 9.17) is 9.85 Å². The molecule has 1 atom stereocenters. The molecule has 0 radical (unpaired) electrons. The fourth-order valence-corrected chi connectivity index (χ4v) is 3.59. The quantitative estimate of drug-likeness (QED) is 0.301. The van der Waals surface area contributed by atoms with Crippen LogP contribution in [-0.2, 0) is 17.1 Å². The normalized spacial score (nSPS) is 14.6. The summed E-state index contributed by atoms with van der Waals surface area (Å²) in [4.78, 5) is 19.4. The Morgan fingerprint density at radius 3 is 2.45 bits per heavy atom. The first kappa shape index (κ1) is 22.9. The van der Waals surface area contributed by atoms with Crippen molar-refractivity contribution in [3.8, 4) is 11.3 Å². The van der Waals surface area contributed by atoms with Gasteiger partial charge >= 0.3 is 12.4 Å². The van der Waals surface area contributed by atoms with Crippen LogP contribution < -0.4 is 11.1 Å². The molecule has 4 N–H and O–H groups in total. The van der Waals surface area contributed by atoms with E-state index >= 15 is 8.78 Å². The highest BCUT2D eigenvalue weighted by Gasteiger charge is 2.36. The van der Waals surface area contributed by atoms with Crippen molar-refractivity contribution in [3.05, 3.63) is 76.9 Å². The summed E-state index contributed by atoms with van der Waals surface area (Å²) in [5.74, 6) is -6.95. The van der Waals surface area contributed by atoms with Gasteiger partial charge in [-0.3, -0.25) is 9.20 Å². The van der Waals surface area contributed by atoms with Crippen molar-refractivity contribution in [2.45, 2.75) is 25.3 Å². The number of imidazole rings is 1. The molecule has 1 amide bonds. The van der Waals surface area contributed by atoms with Crippen LogP contribution in [-0.4, -0.2) is 25.4 Å². The van der Waals surface area contributed by atoms with E-state index in [0.29, 0.717) is 18.2 Å². The molecule has 0 bridgehead atoms. The van der Waals surface area contributed by atoms with Gasteiger partial charge in [-0.1, -0.05) is 12.1 Å². The molecule has 0 saturated heterocycles. The van der Waals surface area contributed by atoms with Crippen LogP contribution in [0.4, 0.5) is 46.6 Å². The van der Waals surface area contributed by atoms with E-state index in [1.807, 2.05) is 0 Å². The SMILES string of the molecule is [2H]C([2H])([2H])c1nc(-c2ccc(NC(=O)[C@H](O)c3cccc(C(F)(F)F)c3)c(F)c2F)c2c(N)ncc(C(F)(F)F)n12. The van der Waals surface area contributed by atoms with Gasteiger partial charge in [0.1, 0.15) is 28.5 Å². The molecular weight excluding hydrogens is 530 g/mol. The number of amides is 1. The number of halogens is 8. The van der Waals surface area contributed by atoms with Crippen LogP contribution in [0.2, 0.25) is 0 Å². The Morgan fingerprint density at radius 2 is 1.82 bits per heavy atom. The van der Waals surface area contributed by atoms with Gasteiger partial charge in [0.15, 0.2) is 17.7 Å². The number of anilines is 2. The Kier molecular flexibility index (Phi) is 5.56. The molecule has 15 heteroatoms. The van der Waals surface area contributed by atoms with Gasteiger partial charge in [-0.15, -0.1) is 0 Å². The Bertz CT molecular complexity index is 1670. The minimum Gasteiger partial charge on any atom is -0.382 e. The van der Waals surface area contributed by atoms with Crippen LogP contribution in [0.1, 0.15) is 32.9 Å². The number of aryl methyl sites for hydroxylation is 1. The van der Waals surface area contributed by atoms with Crippen LogP contribution >= 0.6 is 0 Å². The molecule has 0 aliphatic rings. The number of aromatic nitrogens is 3. The largest absolute Gasteiger partial charge is 0.433 e. The molecule has 0 unspecified atom stereocenters. The van der Waals surface area contributed by atoms with Gasteiger partial charge in [0.05, 0.1) is 17.4 Å². The van der Waals surface area contributed by atoms with E-state index < -0.39 is 93.8 Å². The summed E-state index contributed by atoms with van der Waals surface area (Å²) in [7, 11) is 0. The van der Waals surface area contributed by atoms with Gasteiger partial charge < -0.3 is 16.2 Å². The summed E-state index contributed by atoms with van der Waals surface area (Å²) < 4.78 is 133. The first-order chi connectivity index (χ1) is 18.8. The topological polar surface area (TPSA) is 106 Å². The average Bonchev–Trinajstić information content (AvgIpc) is 3.27. The lowest BCUT2D eigenvalue weighted by molar-refractivity contribution is -0.142. The molecule has 2 aromatic carbocycles. The van der Waals surface area contributed by atoms with Gasteiger partial charge in [-0.25, -0.2) is 18.7 Å². The maximum Gasteiger partial charge on any atom is 0.433 e. The summed E-state index contributed by atoms with van der Waals surface area (Å²) in [6, 6.07) is 4.50. The number of nitrogens with one attached hydrogen (secondary N) is 1. The molecular formula is C23H15F8N5O2. The van der Waals surface area contributed by atoms with Crippen molar-refractivity contribution in [2.24, 2.45) is 0 Å². The van der Waals surface area contributed by atoms with Crippen LogP contribution in [0.15, 0.2) is 42.6 Å². The summed E-state index contributed by atoms with van der Waals surface area (Å²) in [5, 5.41) is 12.0. The number of nitrogens with two attached hydrogens (primary N) is 1.